The van der Waals surface area contributed by atoms with E-state index in [0.717, 1.165) is 34.2 Å². The van der Waals surface area contributed by atoms with Crippen LogP contribution in [0, 0.1) is 0 Å². The maximum Gasteiger partial charge on any atom is 0.268 e. The monoisotopic (exact) mass is 314 g/mol. The highest BCUT2D eigenvalue weighted by Gasteiger charge is 2.34. The molecule has 3 aromatic heterocycles. The van der Waals surface area contributed by atoms with Crippen molar-refractivity contribution >= 4 is 28.1 Å². The van der Waals surface area contributed by atoms with Gasteiger partial charge in [0.2, 0.25) is 0 Å². The van der Waals surface area contributed by atoms with Gasteiger partial charge in [-0.2, -0.15) is 5.10 Å². The van der Waals surface area contributed by atoms with Gasteiger partial charge in [-0.3, -0.25) is 9.89 Å². The van der Waals surface area contributed by atoms with Crippen molar-refractivity contribution in [1.29, 1.82) is 0 Å². The zero-order valence-electron chi connectivity index (χ0n) is 11.6. The maximum atomic E-state index is 11.7. The van der Waals surface area contributed by atoms with E-state index in [1.807, 2.05) is 24.5 Å². The number of hydrogen-bond donors (Lipinski definition) is 3. The second-order valence-electron chi connectivity index (χ2n) is 5.18. The summed E-state index contributed by atoms with van der Waals surface area (Å²) in [5, 5.41) is 7.59. The molecule has 4 rings (SSSR count). The molecule has 0 aromatic carbocycles. The molecule has 0 aliphatic heterocycles. The Morgan fingerprint density at radius 2 is 2.32 bits per heavy atom. The average molecular weight is 314 g/mol. The van der Waals surface area contributed by atoms with E-state index >= 15 is 0 Å². The molecule has 3 aromatic rings. The molecule has 0 bridgehead atoms. The molecule has 0 atom stereocenters. The molecule has 4 N–H and O–H groups in total. The lowest BCUT2D eigenvalue weighted by Crippen LogP contribution is -2.19. The second-order valence-corrected chi connectivity index (χ2v) is 6.16. The molecule has 8 heteroatoms. The zero-order chi connectivity index (χ0) is 15.1. The van der Waals surface area contributed by atoms with Gasteiger partial charge in [-0.1, -0.05) is 11.3 Å². The average Bonchev–Trinajstić information content (AvgIpc) is 2.96. The quantitative estimate of drug-likeness (QED) is 0.672. The molecular formula is C14H14N6OS. The number of aromatic amines is 2. The number of aromatic nitrogens is 4. The summed E-state index contributed by atoms with van der Waals surface area (Å²) in [6, 6.07) is 4.19. The van der Waals surface area contributed by atoms with Crippen molar-refractivity contribution < 1.29 is 4.79 Å². The van der Waals surface area contributed by atoms with Gasteiger partial charge in [-0.15, -0.1) is 0 Å². The summed E-state index contributed by atoms with van der Waals surface area (Å²) in [5.41, 5.74) is 7.60. The van der Waals surface area contributed by atoms with Crippen LogP contribution < -0.4 is 10.6 Å². The van der Waals surface area contributed by atoms with Crippen LogP contribution in [0.25, 0.3) is 10.6 Å². The van der Waals surface area contributed by atoms with Crippen molar-refractivity contribution in [3.8, 4) is 10.6 Å². The number of H-pyrrole nitrogens is 2. The van der Waals surface area contributed by atoms with Gasteiger partial charge in [-0.25, -0.2) is 4.98 Å². The van der Waals surface area contributed by atoms with E-state index in [1.54, 1.807) is 6.20 Å². The molecule has 1 aliphatic rings. The van der Waals surface area contributed by atoms with E-state index in [2.05, 4.69) is 25.1 Å². The summed E-state index contributed by atoms with van der Waals surface area (Å²) in [6.07, 6.45) is 7.62. The summed E-state index contributed by atoms with van der Waals surface area (Å²) in [4.78, 5) is 22.2. The van der Waals surface area contributed by atoms with Gasteiger partial charge < -0.3 is 15.6 Å². The Bertz CT molecular complexity index is 788. The van der Waals surface area contributed by atoms with Gasteiger partial charge in [0.25, 0.3) is 5.91 Å². The van der Waals surface area contributed by atoms with Gasteiger partial charge in [0.05, 0.1) is 22.5 Å². The fourth-order valence-electron chi connectivity index (χ4n) is 2.42. The van der Waals surface area contributed by atoms with Crippen molar-refractivity contribution in [3.63, 3.8) is 0 Å². The predicted octanol–water partition coefficient (Wildman–Crippen LogP) is 2.26. The Morgan fingerprint density at radius 1 is 1.45 bits per heavy atom. The first-order valence-corrected chi connectivity index (χ1v) is 7.78. The Balaban J connectivity index is 1.82. The van der Waals surface area contributed by atoms with Crippen LogP contribution in [0.1, 0.15) is 23.3 Å². The molecule has 0 unspecified atom stereocenters. The van der Waals surface area contributed by atoms with Crippen LogP contribution in [-0.4, -0.2) is 32.1 Å². The molecule has 112 valence electrons. The van der Waals surface area contributed by atoms with Crippen LogP contribution in [0.3, 0.4) is 0 Å². The number of rotatable bonds is 5. The number of nitrogens with one attached hydrogen (secondary N) is 2. The molecule has 1 amide bonds. The fourth-order valence-corrected chi connectivity index (χ4v) is 3.57. The lowest BCUT2D eigenvalue weighted by atomic mass is 10.3. The SMILES string of the molecule is NC(=O)c1nc(N(c2cn[nH]c2)C2CC2)sc1-c1ccc[nH]1. The number of amides is 1. The molecule has 7 nitrogen and oxygen atoms in total. The van der Waals surface area contributed by atoms with Gasteiger partial charge in [0.15, 0.2) is 10.8 Å². The molecule has 1 fully saturated rings. The first-order chi connectivity index (χ1) is 10.7. The Labute approximate surface area is 130 Å². The topological polar surface area (TPSA) is 104 Å². The van der Waals surface area contributed by atoms with Crippen LogP contribution >= 0.6 is 11.3 Å². The highest BCUT2D eigenvalue weighted by Crippen LogP contribution is 2.42. The highest BCUT2D eigenvalue weighted by atomic mass is 32.1. The molecule has 0 radical (unpaired) electrons. The second kappa shape index (κ2) is 4.99. The molecule has 22 heavy (non-hydrogen) atoms. The van der Waals surface area contributed by atoms with Crippen LogP contribution in [0.15, 0.2) is 30.7 Å². The van der Waals surface area contributed by atoms with E-state index in [1.165, 1.54) is 11.3 Å². The number of anilines is 2. The third-order valence-corrected chi connectivity index (χ3v) is 4.66. The Morgan fingerprint density at radius 3 is 2.91 bits per heavy atom. The van der Waals surface area contributed by atoms with Gasteiger partial charge in [0, 0.05) is 18.4 Å². The molecule has 0 spiro atoms. The van der Waals surface area contributed by atoms with Crippen molar-refractivity contribution in [1.82, 2.24) is 20.2 Å². The lowest BCUT2D eigenvalue weighted by Gasteiger charge is -2.18. The van der Waals surface area contributed by atoms with Crippen molar-refractivity contribution in [2.75, 3.05) is 4.90 Å². The summed E-state index contributed by atoms with van der Waals surface area (Å²) < 4.78 is 0. The normalized spacial score (nSPS) is 14.2. The number of primary amides is 1. The predicted molar refractivity (Wildman–Crippen MR) is 84.2 cm³/mol. The molecule has 0 saturated heterocycles. The summed E-state index contributed by atoms with van der Waals surface area (Å²) in [5.74, 6) is -0.518. The number of carbonyl (C=O) groups excluding carboxylic acids is 1. The maximum absolute atomic E-state index is 11.7. The molecule has 1 aliphatic carbocycles. The number of carbonyl (C=O) groups is 1. The van der Waals surface area contributed by atoms with Gasteiger partial charge in [-0.05, 0) is 25.0 Å². The minimum absolute atomic E-state index is 0.302. The first-order valence-electron chi connectivity index (χ1n) is 6.96. The van der Waals surface area contributed by atoms with E-state index in [-0.39, 0.29) is 0 Å². The number of nitrogens with zero attached hydrogens (tertiary/aromatic N) is 3. The zero-order valence-corrected chi connectivity index (χ0v) is 12.4. The van der Waals surface area contributed by atoms with Crippen molar-refractivity contribution in [3.05, 3.63) is 36.4 Å². The lowest BCUT2D eigenvalue weighted by molar-refractivity contribution is 0.0997. The molecule has 1 saturated carbocycles. The molecular weight excluding hydrogens is 300 g/mol. The standard InChI is InChI=1S/C14H14N6OS/c15-13(21)11-12(10-2-1-5-16-10)22-14(19-11)20(8-3-4-8)9-6-17-18-7-9/h1-2,5-8,16H,3-4H2,(H2,15,21)(H,17,18). The van der Waals surface area contributed by atoms with E-state index in [0.29, 0.717) is 11.7 Å². The smallest absolute Gasteiger partial charge is 0.268 e. The highest BCUT2D eigenvalue weighted by molar-refractivity contribution is 7.19. The Kier molecular flexibility index (Phi) is 2.97. The number of nitrogens with two attached hydrogens (primary N) is 1. The van der Waals surface area contributed by atoms with E-state index < -0.39 is 5.91 Å². The van der Waals surface area contributed by atoms with E-state index in [4.69, 9.17) is 5.73 Å². The summed E-state index contributed by atoms with van der Waals surface area (Å²) in [7, 11) is 0. The fraction of sp³-hybridized carbons (Fsp3) is 0.214. The van der Waals surface area contributed by atoms with Crippen LogP contribution in [0.4, 0.5) is 10.8 Å². The van der Waals surface area contributed by atoms with Crippen molar-refractivity contribution in [2.24, 2.45) is 5.73 Å². The first kappa shape index (κ1) is 13.1. The number of hydrogen-bond acceptors (Lipinski definition) is 5. The van der Waals surface area contributed by atoms with Crippen molar-refractivity contribution in [2.45, 2.75) is 18.9 Å². The van der Waals surface area contributed by atoms with Crippen LogP contribution in [-0.2, 0) is 0 Å². The largest absolute Gasteiger partial charge is 0.364 e. The van der Waals surface area contributed by atoms with Crippen LogP contribution in [0.2, 0.25) is 0 Å². The van der Waals surface area contributed by atoms with E-state index in [9.17, 15) is 4.79 Å². The number of thiazole rings is 1. The minimum Gasteiger partial charge on any atom is -0.364 e. The molecule has 3 heterocycles. The third-order valence-electron chi connectivity index (χ3n) is 3.57. The summed E-state index contributed by atoms with van der Waals surface area (Å²) in [6.45, 7) is 0. The van der Waals surface area contributed by atoms with Gasteiger partial charge in [0.1, 0.15) is 0 Å². The van der Waals surface area contributed by atoms with Crippen LogP contribution in [0.5, 0.6) is 0 Å². The third kappa shape index (κ3) is 2.17. The Hall–Kier alpha value is -2.61. The minimum atomic E-state index is -0.518. The summed E-state index contributed by atoms with van der Waals surface area (Å²) >= 11 is 1.46. The van der Waals surface area contributed by atoms with Gasteiger partial charge >= 0.3 is 0 Å².